The Morgan fingerprint density at radius 1 is 1.22 bits per heavy atom. The molecule has 3 heteroatoms. The first-order valence-corrected chi connectivity index (χ1v) is 6.37. The van der Waals surface area contributed by atoms with Gasteiger partial charge in [0.15, 0.2) is 0 Å². The maximum absolute atomic E-state index is 11.0. The number of aryl methyl sites for hydroxylation is 1. The summed E-state index contributed by atoms with van der Waals surface area (Å²) in [6.45, 7) is 0. The Morgan fingerprint density at radius 3 is 2.56 bits per heavy atom. The number of hydrogen-bond donors (Lipinski definition) is 1. The van der Waals surface area contributed by atoms with E-state index in [0.29, 0.717) is 19.3 Å². The third kappa shape index (κ3) is 5.49. The van der Waals surface area contributed by atoms with Crippen LogP contribution in [0.25, 0.3) is 0 Å². The number of hydrogen-bond acceptors (Lipinski definition) is 2. The predicted octanol–water partition coefficient (Wildman–Crippen LogP) is 3.40. The molecule has 0 aromatic heterocycles. The molecule has 0 amide bonds. The summed E-state index contributed by atoms with van der Waals surface area (Å²) in [4.78, 5) is 11.0. The quantitative estimate of drug-likeness (QED) is 0.714. The van der Waals surface area contributed by atoms with Crippen molar-refractivity contribution in [2.75, 3.05) is 0 Å². The minimum atomic E-state index is -0.773. The Bertz CT molecular complexity index is 395. The van der Waals surface area contributed by atoms with Gasteiger partial charge in [0.25, 0.3) is 0 Å². The summed E-state index contributed by atoms with van der Waals surface area (Å²) in [5, 5.41) is 17.5. The number of carboxylic acids is 1. The van der Waals surface area contributed by atoms with Gasteiger partial charge in [-0.15, -0.1) is 0 Å². The summed E-state index contributed by atoms with van der Waals surface area (Å²) in [6.07, 6.45) is 4.36. The van der Waals surface area contributed by atoms with Gasteiger partial charge < -0.3 is 5.11 Å². The molecule has 0 saturated carbocycles. The van der Waals surface area contributed by atoms with Gasteiger partial charge in [0, 0.05) is 6.42 Å². The van der Waals surface area contributed by atoms with Crippen LogP contribution in [0.4, 0.5) is 0 Å². The summed E-state index contributed by atoms with van der Waals surface area (Å²) >= 11 is 0. The van der Waals surface area contributed by atoms with E-state index >= 15 is 0 Å². The maximum atomic E-state index is 11.0. The van der Waals surface area contributed by atoms with Crippen LogP contribution in [0.3, 0.4) is 0 Å². The molecule has 0 saturated heterocycles. The highest BCUT2D eigenvalue weighted by molar-refractivity contribution is 5.69. The summed E-state index contributed by atoms with van der Waals surface area (Å²) in [6, 6.07) is 12.2. The molecule has 0 aliphatic carbocycles. The molecule has 1 atom stereocenters. The lowest BCUT2D eigenvalue weighted by atomic mass is 9.96. The minimum absolute atomic E-state index is 0.329. The van der Waals surface area contributed by atoms with Crippen LogP contribution in [0.15, 0.2) is 30.3 Å². The lowest BCUT2D eigenvalue weighted by Gasteiger charge is -2.09. The highest BCUT2D eigenvalue weighted by Crippen LogP contribution is 2.16. The number of carboxylic acid groups (broad SMARTS) is 1. The first-order chi connectivity index (χ1) is 8.74. The van der Waals surface area contributed by atoms with Crippen molar-refractivity contribution in [2.45, 2.75) is 38.5 Å². The third-order valence-corrected chi connectivity index (χ3v) is 3.06. The largest absolute Gasteiger partial charge is 0.481 e. The topological polar surface area (TPSA) is 61.1 Å². The Morgan fingerprint density at radius 2 is 1.94 bits per heavy atom. The second-order valence-corrected chi connectivity index (χ2v) is 4.46. The van der Waals surface area contributed by atoms with Crippen molar-refractivity contribution in [3.63, 3.8) is 0 Å². The van der Waals surface area contributed by atoms with E-state index in [4.69, 9.17) is 10.4 Å². The van der Waals surface area contributed by atoms with Crippen LogP contribution in [0.2, 0.25) is 0 Å². The van der Waals surface area contributed by atoms with Crippen molar-refractivity contribution < 1.29 is 9.90 Å². The van der Waals surface area contributed by atoms with Gasteiger partial charge in [-0.2, -0.15) is 5.26 Å². The smallest absolute Gasteiger partial charge is 0.306 e. The van der Waals surface area contributed by atoms with Gasteiger partial charge in [0.05, 0.1) is 12.0 Å². The van der Waals surface area contributed by atoms with Crippen LogP contribution >= 0.6 is 0 Å². The van der Waals surface area contributed by atoms with Crippen LogP contribution < -0.4 is 0 Å². The number of rotatable bonds is 8. The van der Waals surface area contributed by atoms with Crippen LogP contribution in [-0.2, 0) is 11.2 Å². The average Bonchev–Trinajstić information content (AvgIpc) is 2.38. The van der Waals surface area contributed by atoms with E-state index in [1.54, 1.807) is 0 Å². The minimum Gasteiger partial charge on any atom is -0.481 e. The summed E-state index contributed by atoms with van der Waals surface area (Å²) in [5.74, 6) is -1.13. The normalized spacial score (nSPS) is 11.7. The molecule has 0 fully saturated rings. The highest BCUT2D eigenvalue weighted by Gasteiger charge is 2.16. The van der Waals surface area contributed by atoms with Crippen molar-refractivity contribution in [2.24, 2.45) is 5.92 Å². The Labute approximate surface area is 108 Å². The van der Waals surface area contributed by atoms with Gasteiger partial charge in [0.2, 0.25) is 0 Å². The molecule has 0 aliphatic rings. The summed E-state index contributed by atoms with van der Waals surface area (Å²) in [7, 11) is 0. The number of aliphatic carboxylic acids is 1. The highest BCUT2D eigenvalue weighted by atomic mass is 16.4. The molecule has 1 aromatic rings. The number of nitriles is 1. The lowest BCUT2D eigenvalue weighted by Crippen LogP contribution is -2.13. The molecule has 0 bridgehead atoms. The van der Waals surface area contributed by atoms with Crippen molar-refractivity contribution in [3.8, 4) is 6.07 Å². The van der Waals surface area contributed by atoms with Crippen molar-refractivity contribution in [3.05, 3.63) is 35.9 Å². The molecule has 0 aliphatic heterocycles. The van der Waals surface area contributed by atoms with E-state index in [1.165, 1.54) is 5.56 Å². The molecule has 96 valence electrons. The van der Waals surface area contributed by atoms with Gasteiger partial charge >= 0.3 is 5.97 Å². The molecule has 0 radical (unpaired) electrons. The van der Waals surface area contributed by atoms with Crippen LogP contribution in [0.5, 0.6) is 0 Å². The summed E-state index contributed by atoms with van der Waals surface area (Å²) < 4.78 is 0. The summed E-state index contributed by atoms with van der Waals surface area (Å²) in [5.41, 5.74) is 1.29. The van der Waals surface area contributed by atoms with E-state index in [0.717, 1.165) is 19.3 Å². The predicted molar refractivity (Wildman–Crippen MR) is 70.0 cm³/mol. The molecule has 1 unspecified atom stereocenters. The van der Waals surface area contributed by atoms with E-state index in [-0.39, 0.29) is 5.92 Å². The molecular weight excluding hydrogens is 226 g/mol. The van der Waals surface area contributed by atoms with E-state index < -0.39 is 5.97 Å². The SMILES string of the molecule is N#CCCC(CCCCc1ccccc1)C(=O)O. The first kappa shape index (κ1) is 14.2. The maximum Gasteiger partial charge on any atom is 0.306 e. The third-order valence-electron chi connectivity index (χ3n) is 3.06. The fraction of sp³-hybridized carbons (Fsp3) is 0.467. The lowest BCUT2D eigenvalue weighted by molar-refractivity contribution is -0.142. The average molecular weight is 245 g/mol. The number of carbonyl (C=O) groups is 1. The molecular formula is C15H19NO2. The van der Waals surface area contributed by atoms with Gasteiger partial charge in [-0.05, 0) is 31.2 Å². The fourth-order valence-electron chi connectivity index (χ4n) is 1.99. The number of nitrogens with zero attached hydrogens (tertiary/aromatic N) is 1. The molecule has 18 heavy (non-hydrogen) atoms. The Hall–Kier alpha value is -1.82. The second kappa shape index (κ2) is 8.30. The zero-order chi connectivity index (χ0) is 13.2. The van der Waals surface area contributed by atoms with Crippen LogP contribution in [0.1, 0.15) is 37.7 Å². The number of benzene rings is 1. The molecule has 3 nitrogen and oxygen atoms in total. The molecule has 0 spiro atoms. The fourth-order valence-corrected chi connectivity index (χ4v) is 1.99. The molecule has 1 rings (SSSR count). The van der Waals surface area contributed by atoms with Gasteiger partial charge in [-0.25, -0.2) is 0 Å². The molecule has 1 N–H and O–H groups in total. The van der Waals surface area contributed by atoms with Crippen molar-refractivity contribution >= 4 is 5.97 Å². The second-order valence-electron chi connectivity index (χ2n) is 4.46. The Balaban J connectivity index is 2.23. The molecule has 0 heterocycles. The molecule has 1 aromatic carbocycles. The van der Waals surface area contributed by atoms with Gasteiger partial charge in [-0.1, -0.05) is 36.8 Å². The van der Waals surface area contributed by atoms with Gasteiger partial charge in [-0.3, -0.25) is 4.79 Å². The van der Waals surface area contributed by atoms with E-state index in [2.05, 4.69) is 12.1 Å². The first-order valence-electron chi connectivity index (χ1n) is 6.37. The van der Waals surface area contributed by atoms with E-state index in [9.17, 15) is 4.79 Å². The van der Waals surface area contributed by atoms with Gasteiger partial charge in [0.1, 0.15) is 0 Å². The van der Waals surface area contributed by atoms with E-state index in [1.807, 2.05) is 24.3 Å². The van der Waals surface area contributed by atoms with Crippen LogP contribution in [-0.4, -0.2) is 11.1 Å². The standard InChI is InChI=1S/C15H19NO2/c16-12-6-11-14(15(17)18)10-5-4-9-13-7-2-1-3-8-13/h1-3,7-8,14H,4-6,9-11H2,(H,17,18). The van der Waals surface area contributed by atoms with Crippen LogP contribution in [0, 0.1) is 17.2 Å². The Kier molecular flexibility index (Phi) is 6.56. The zero-order valence-electron chi connectivity index (χ0n) is 10.5. The van der Waals surface area contributed by atoms with Crippen molar-refractivity contribution in [1.29, 1.82) is 5.26 Å². The van der Waals surface area contributed by atoms with Crippen molar-refractivity contribution in [1.82, 2.24) is 0 Å². The monoisotopic (exact) mass is 245 g/mol. The number of unbranched alkanes of at least 4 members (excludes halogenated alkanes) is 1. The zero-order valence-corrected chi connectivity index (χ0v) is 10.5.